The van der Waals surface area contributed by atoms with Gasteiger partial charge in [-0.15, -0.1) is 0 Å². The lowest BCUT2D eigenvalue weighted by Crippen LogP contribution is -2.49. The lowest BCUT2D eigenvalue weighted by atomic mass is 10.1. The number of ether oxygens (including phenoxy) is 1. The van der Waals surface area contributed by atoms with E-state index in [0.29, 0.717) is 17.9 Å². The van der Waals surface area contributed by atoms with Gasteiger partial charge in [0.15, 0.2) is 5.76 Å². The number of hydrogen-bond acceptors (Lipinski definition) is 6. The van der Waals surface area contributed by atoms with Crippen molar-refractivity contribution in [2.45, 2.75) is 6.04 Å². The fourth-order valence-electron chi connectivity index (χ4n) is 4.35. The van der Waals surface area contributed by atoms with Crippen LogP contribution in [0.3, 0.4) is 0 Å². The molecule has 0 radical (unpaired) electrons. The summed E-state index contributed by atoms with van der Waals surface area (Å²) in [5.74, 6) is 1.80. The summed E-state index contributed by atoms with van der Waals surface area (Å²) in [6, 6.07) is 21.4. The van der Waals surface area contributed by atoms with Gasteiger partial charge in [-0.05, 0) is 48.5 Å². The van der Waals surface area contributed by atoms with Crippen LogP contribution in [0.4, 0.5) is 5.69 Å². The van der Waals surface area contributed by atoms with Crippen LogP contribution in [0.2, 0.25) is 0 Å². The van der Waals surface area contributed by atoms with Crippen molar-refractivity contribution in [2.24, 2.45) is 0 Å². The first-order valence-electron chi connectivity index (χ1n) is 11.1. The molecule has 2 aromatic carbocycles. The summed E-state index contributed by atoms with van der Waals surface area (Å²) < 4.78 is 16.7. The van der Waals surface area contributed by atoms with E-state index in [1.54, 1.807) is 19.4 Å². The molecular formula is C26H27N3O4. The zero-order valence-electron chi connectivity index (χ0n) is 18.6. The maximum Gasteiger partial charge on any atom is 0.287 e. The van der Waals surface area contributed by atoms with E-state index in [4.69, 9.17) is 13.6 Å². The average Bonchev–Trinajstić information content (AvgIpc) is 3.55. The van der Waals surface area contributed by atoms with E-state index in [1.807, 2.05) is 48.5 Å². The second-order valence-corrected chi connectivity index (χ2v) is 8.11. The van der Waals surface area contributed by atoms with Crippen LogP contribution in [0.25, 0.3) is 11.0 Å². The fraction of sp³-hybridized carbons (Fsp3) is 0.269. The smallest absolute Gasteiger partial charge is 0.287 e. The largest absolute Gasteiger partial charge is 0.497 e. The van der Waals surface area contributed by atoms with Gasteiger partial charge in [0.05, 0.1) is 19.4 Å². The summed E-state index contributed by atoms with van der Waals surface area (Å²) in [6.45, 7) is 3.93. The minimum atomic E-state index is -0.223. The van der Waals surface area contributed by atoms with E-state index in [0.717, 1.165) is 43.1 Å². The van der Waals surface area contributed by atoms with Crippen LogP contribution in [0.5, 0.6) is 5.75 Å². The number of nitrogens with zero attached hydrogens (tertiary/aromatic N) is 2. The van der Waals surface area contributed by atoms with Crippen LogP contribution < -0.4 is 15.0 Å². The number of amides is 1. The molecule has 0 saturated carbocycles. The van der Waals surface area contributed by atoms with E-state index in [1.165, 1.54) is 5.69 Å². The van der Waals surface area contributed by atoms with Crippen molar-refractivity contribution in [1.82, 2.24) is 10.2 Å². The van der Waals surface area contributed by atoms with Gasteiger partial charge in [-0.3, -0.25) is 9.69 Å². The van der Waals surface area contributed by atoms with Gasteiger partial charge in [0.1, 0.15) is 17.1 Å². The van der Waals surface area contributed by atoms with Crippen LogP contribution >= 0.6 is 0 Å². The van der Waals surface area contributed by atoms with E-state index >= 15 is 0 Å². The van der Waals surface area contributed by atoms with Gasteiger partial charge in [-0.2, -0.15) is 0 Å². The van der Waals surface area contributed by atoms with Crippen molar-refractivity contribution in [1.29, 1.82) is 0 Å². The van der Waals surface area contributed by atoms with Crippen LogP contribution in [-0.2, 0) is 0 Å². The minimum Gasteiger partial charge on any atom is -0.497 e. The number of benzene rings is 2. The number of methoxy groups -OCH3 is 1. The Hall–Kier alpha value is -3.71. The Bertz CT molecular complexity index is 1160. The van der Waals surface area contributed by atoms with Crippen molar-refractivity contribution in [3.05, 3.63) is 84.5 Å². The Kier molecular flexibility index (Phi) is 6.04. The Balaban J connectivity index is 1.24. The summed E-state index contributed by atoms with van der Waals surface area (Å²) in [5.41, 5.74) is 1.89. The molecule has 1 amide bonds. The Morgan fingerprint density at radius 3 is 2.52 bits per heavy atom. The maximum atomic E-state index is 12.8. The summed E-state index contributed by atoms with van der Waals surface area (Å²) in [6.07, 6.45) is 1.68. The van der Waals surface area contributed by atoms with Crippen LogP contribution in [0.15, 0.2) is 81.8 Å². The molecule has 3 heterocycles. The SMILES string of the molecule is COc1ccc(N2CCN(C(CNC(=O)c3cc4ccccc4o3)c3ccco3)CC2)cc1. The first-order chi connectivity index (χ1) is 16.2. The number of piperazine rings is 1. The number of nitrogens with one attached hydrogen (secondary N) is 1. The summed E-state index contributed by atoms with van der Waals surface area (Å²) in [7, 11) is 1.68. The molecule has 2 aromatic heterocycles. The third kappa shape index (κ3) is 4.59. The van der Waals surface area contributed by atoms with Crippen molar-refractivity contribution < 1.29 is 18.4 Å². The molecule has 1 saturated heterocycles. The normalized spacial score (nSPS) is 15.5. The topological polar surface area (TPSA) is 71.1 Å². The van der Waals surface area contributed by atoms with Crippen LogP contribution in [0, 0.1) is 0 Å². The molecular weight excluding hydrogens is 418 g/mol. The van der Waals surface area contributed by atoms with Gasteiger partial charge < -0.3 is 23.8 Å². The first kappa shape index (κ1) is 21.2. The Morgan fingerprint density at radius 2 is 1.82 bits per heavy atom. The number of hydrogen-bond donors (Lipinski definition) is 1. The molecule has 5 rings (SSSR count). The molecule has 0 bridgehead atoms. The van der Waals surface area contributed by atoms with Crippen LogP contribution in [0.1, 0.15) is 22.4 Å². The van der Waals surface area contributed by atoms with Crippen molar-refractivity contribution in [3.63, 3.8) is 0 Å². The third-order valence-corrected chi connectivity index (χ3v) is 6.17. The average molecular weight is 446 g/mol. The molecule has 0 aliphatic carbocycles. The number of rotatable bonds is 7. The molecule has 33 heavy (non-hydrogen) atoms. The first-order valence-corrected chi connectivity index (χ1v) is 11.1. The van der Waals surface area contributed by atoms with Gasteiger partial charge >= 0.3 is 0 Å². The molecule has 1 aliphatic heterocycles. The number of fused-ring (bicyclic) bond motifs is 1. The standard InChI is InChI=1S/C26H27N3O4/c1-31-21-10-8-20(9-11-21)28-12-14-29(15-13-28)22(24-7-4-16-32-24)18-27-26(30)25-17-19-5-2-3-6-23(19)33-25/h2-11,16-17,22H,12-15,18H2,1H3,(H,27,30). The maximum absolute atomic E-state index is 12.8. The molecule has 1 N–H and O–H groups in total. The van der Waals surface area contributed by atoms with E-state index in [-0.39, 0.29) is 11.9 Å². The Morgan fingerprint density at radius 1 is 1.03 bits per heavy atom. The molecule has 1 atom stereocenters. The molecule has 1 unspecified atom stereocenters. The highest BCUT2D eigenvalue weighted by molar-refractivity contribution is 5.96. The predicted molar refractivity (Wildman–Crippen MR) is 127 cm³/mol. The summed E-state index contributed by atoms with van der Waals surface area (Å²) in [5, 5.41) is 3.96. The number of anilines is 1. The lowest BCUT2D eigenvalue weighted by molar-refractivity contribution is 0.0897. The van der Waals surface area contributed by atoms with Gasteiger partial charge in [0.25, 0.3) is 5.91 Å². The number of furan rings is 2. The zero-order valence-corrected chi connectivity index (χ0v) is 18.6. The highest BCUT2D eigenvalue weighted by atomic mass is 16.5. The van der Waals surface area contributed by atoms with Gasteiger partial charge in [-0.1, -0.05) is 18.2 Å². The van der Waals surface area contributed by atoms with Crippen molar-refractivity contribution in [2.75, 3.05) is 44.7 Å². The molecule has 0 spiro atoms. The minimum absolute atomic E-state index is 0.0497. The van der Waals surface area contributed by atoms with Crippen LogP contribution in [-0.4, -0.2) is 50.6 Å². The number of carbonyl (C=O) groups excluding carboxylic acids is 1. The summed E-state index contributed by atoms with van der Waals surface area (Å²) in [4.78, 5) is 17.5. The molecule has 1 fully saturated rings. The molecule has 7 nitrogen and oxygen atoms in total. The quantitative estimate of drug-likeness (QED) is 0.457. The van der Waals surface area contributed by atoms with E-state index < -0.39 is 0 Å². The number of para-hydroxylation sites is 1. The van der Waals surface area contributed by atoms with Gasteiger partial charge in [0, 0.05) is 43.8 Å². The lowest BCUT2D eigenvalue weighted by Gasteiger charge is -2.39. The number of carbonyl (C=O) groups is 1. The van der Waals surface area contributed by atoms with Gasteiger partial charge in [-0.25, -0.2) is 0 Å². The van der Waals surface area contributed by atoms with E-state index in [9.17, 15) is 4.79 Å². The van der Waals surface area contributed by atoms with E-state index in [2.05, 4.69) is 27.2 Å². The fourth-order valence-corrected chi connectivity index (χ4v) is 4.35. The predicted octanol–water partition coefficient (Wildman–Crippen LogP) is 4.33. The molecule has 170 valence electrons. The highest BCUT2D eigenvalue weighted by Crippen LogP contribution is 2.26. The second kappa shape index (κ2) is 9.42. The zero-order chi connectivity index (χ0) is 22.6. The monoisotopic (exact) mass is 445 g/mol. The van der Waals surface area contributed by atoms with Crippen molar-refractivity contribution >= 4 is 22.6 Å². The molecule has 1 aliphatic rings. The molecule has 7 heteroatoms. The van der Waals surface area contributed by atoms with Gasteiger partial charge in [0.2, 0.25) is 0 Å². The highest BCUT2D eigenvalue weighted by Gasteiger charge is 2.28. The third-order valence-electron chi connectivity index (χ3n) is 6.17. The van der Waals surface area contributed by atoms with Crippen molar-refractivity contribution in [3.8, 4) is 5.75 Å². The second-order valence-electron chi connectivity index (χ2n) is 8.11. The molecule has 4 aromatic rings. The summed E-state index contributed by atoms with van der Waals surface area (Å²) >= 11 is 0. The Labute approximate surface area is 192 Å².